The van der Waals surface area contributed by atoms with Crippen molar-refractivity contribution in [2.75, 3.05) is 12.8 Å². The average Bonchev–Trinajstić information content (AvgIpc) is 2.97. The van der Waals surface area contributed by atoms with Crippen molar-refractivity contribution in [3.63, 3.8) is 0 Å². The summed E-state index contributed by atoms with van der Waals surface area (Å²) in [6, 6.07) is 8.41. The summed E-state index contributed by atoms with van der Waals surface area (Å²) in [6.45, 7) is 12.4. The molecule has 0 atom stereocenters. The van der Waals surface area contributed by atoms with Gasteiger partial charge in [-0.15, -0.1) is 0 Å². The number of benzene rings is 1. The maximum absolute atomic E-state index is 13.7. The molecule has 1 aromatic heterocycles. The van der Waals surface area contributed by atoms with Crippen molar-refractivity contribution in [2.45, 2.75) is 89.7 Å². The second kappa shape index (κ2) is 9.31. The summed E-state index contributed by atoms with van der Waals surface area (Å²) >= 11 is 1.74. The lowest BCUT2D eigenvalue weighted by molar-refractivity contribution is -0.136. The Morgan fingerprint density at radius 3 is 2.53 bits per heavy atom. The van der Waals surface area contributed by atoms with Crippen LogP contribution in [0.3, 0.4) is 0 Å². The molecule has 2 aromatic rings. The van der Waals surface area contributed by atoms with Gasteiger partial charge in [0.1, 0.15) is 12.4 Å². The molecule has 6 heteroatoms. The number of thioether (sulfide) groups is 1. The van der Waals surface area contributed by atoms with E-state index in [0.29, 0.717) is 6.54 Å². The quantitative estimate of drug-likeness (QED) is 0.651. The lowest BCUT2D eigenvalue weighted by Crippen LogP contribution is -2.63. The fourth-order valence-corrected chi connectivity index (χ4v) is 5.57. The predicted molar refractivity (Wildman–Crippen MR) is 128 cm³/mol. The Bertz CT molecular complexity index is 857. The SMILES string of the molecule is CCCCN(C(=O)Cn1c(CSC)nc2ccccc21)C1CC(C)(C)NC(C)(C)C1. The number of nitrogens with one attached hydrogen (secondary N) is 1. The van der Waals surface area contributed by atoms with E-state index >= 15 is 0 Å². The molecule has 5 nitrogen and oxygen atoms in total. The number of fused-ring (bicyclic) bond motifs is 1. The molecule has 0 bridgehead atoms. The van der Waals surface area contributed by atoms with E-state index in [1.807, 2.05) is 18.2 Å². The molecule has 1 aliphatic heterocycles. The number of aromatic nitrogens is 2. The minimum Gasteiger partial charge on any atom is -0.338 e. The molecule has 166 valence electrons. The Labute approximate surface area is 186 Å². The van der Waals surface area contributed by atoms with E-state index in [0.717, 1.165) is 54.8 Å². The molecule has 2 heterocycles. The molecular formula is C24H38N4OS. The van der Waals surface area contributed by atoms with Gasteiger partial charge >= 0.3 is 0 Å². The van der Waals surface area contributed by atoms with Crippen LogP contribution in [0.5, 0.6) is 0 Å². The highest BCUT2D eigenvalue weighted by atomic mass is 32.2. The molecule has 1 aliphatic rings. The van der Waals surface area contributed by atoms with E-state index in [-0.39, 0.29) is 23.0 Å². The summed E-state index contributed by atoms with van der Waals surface area (Å²) in [6.07, 6.45) is 6.17. The van der Waals surface area contributed by atoms with Gasteiger partial charge in [-0.1, -0.05) is 25.5 Å². The first-order chi connectivity index (χ1) is 14.2. The van der Waals surface area contributed by atoms with Gasteiger partial charge in [-0.3, -0.25) is 4.79 Å². The summed E-state index contributed by atoms with van der Waals surface area (Å²) in [5.41, 5.74) is 2.06. The number of hydrogen-bond acceptors (Lipinski definition) is 4. The smallest absolute Gasteiger partial charge is 0.242 e. The van der Waals surface area contributed by atoms with Crippen molar-refractivity contribution < 1.29 is 4.79 Å². The van der Waals surface area contributed by atoms with Crippen molar-refractivity contribution in [3.05, 3.63) is 30.1 Å². The fraction of sp³-hybridized carbons (Fsp3) is 0.667. The van der Waals surface area contributed by atoms with E-state index in [1.165, 1.54) is 0 Å². The van der Waals surface area contributed by atoms with Gasteiger partial charge in [0.25, 0.3) is 0 Å². The molecule has 0 radical (unpaired) electrons. The third-order valence-corrected chi connectivity index (χ3v) is 6.53. The van der Waals surface area contributed by atoms with Gasteiger partial charge in [0.15, 0.2) is 0 Å². The molecule has 0 unspecified atom stereocenters. The number of carbonyl (C=O) groups excluding carboxylic acids is 1. The number of hydrogen-bond donors (Lipinski definition) is 1. The van der Waals surface area contributed by atoms with Crippen LogP contribution in [0.2, 0.25) is 0 Å². The maximum atomic E-state index is 13.7. The Morgan fingerprint density at radius 2 is 1.90 bits per heavy atom. The van der Waals surface area contributed by atoms with Crippen LogP contribution >= 0.6 is 11.8 Å². The number of nitrogens with zero attached hydrogens (tertiary/aromatic N) is 3. The molecule has 1 amide bonds. The van der Waals surface area contributed by atoms with Crippen molar-refractivity contribution in [1.29, 1.82) is 0 Å². The highest BCUT2D eigenvalue weighted by molar-refractivity contribution is 7.97. The van der Waals surface area contributed by atoms with Crippen LogP contribution in [0, 0.1) is 0 Å². The zero-order valence-corrected chi connectivity index (χ0v) is 20.3. The Balaban J connectivity index is 1.90. The van der Waals surface area contributed by atoms with E-state index in [4.69, 9.17) is 4.98 Å². The summed E-state index contributed by atoms with van der Waals surface area (Å²) in [7, 11) is 0. The Morgan fingerprint density at radius 1 is 1.23 bits per heavy atom. The largest absolute Gasteiger partial charge is 0.338 e. The summed E-state index contributed by atoms with van der Waals surface area (Å²) in [4.78, 5) is 20.7. The molecule has 0 spiro atoms. The third-order valence-electron chi connectivity index (χ3n) is 5.98. The Hall–Kier alpha value is -1.53. The highest BCUT2D eigenvalue weighted by Crippen LogP contribution is 2.32. The molecule has 1 fully saturated rings. The molecule has 1 aromatic carbocycles. The minimum absolute atomic E-state index is 0.0167. The molecule has 0 aliphatic carbocycles. The zero-order valence-electron chi connectivity index (χ0n) is 19.5. The van der Waals surface area contributed by atoms with Crippen LogP contribution in [-0.2, 0) is 17.1 Å². The molecule has 30 heavy (non-hydrogen) atoms. The van der Waals surface area contributed by atoms with E-state index in [1.54, 1.807) is 11.8 Å². The van der Waals surface area contributed by atoms with Gasteiger partial charge < -0.3 is 14.8 Å². The lowest BCUT2D eigenvalue weighted by Gasteiger charge is -2.49. The number of imidazole rings is 1. The number of amides is 1. The Kier molecular flexibility index (Phi) is 7.18. The van der Waals surface area contributed by atoms with E-state index < -0.39 is 0 Å². The maximum Gasteiger partial charge on any atom is 0.242 e. The monoisotopic (exact) mass is 430 g/mol. The first-order valence-corrected chi connectivity index (χ1v) is 12.6. The van der Waals surface area contributed by atoms with Crippen LogP contribution in [0.15, 0.2) is 24.3 Å². The van der Waals surface area contributed by atoms with E-state index in [9.17, 15) is 4.79 Å². The number of unbranched alkanes of at least 4 members (excludes halogenated alkanes) is 1. The molecular weight excluding hydrogens is 392 g/mol. The standard InChI is InChI=1S/C24H38N4OS/c1-7-8-13-27(18-14-23(2,3)26-24(4,5)15-18)22(29)16-28-20-12-10-9-11-19(20)25-21(28)17-30-6/h9-12,18,26H,7-8,13-17H2,1-6H3. The number of rotatable bonds is 8. The molecule has 1 saturated heterocycles. The average molecular weight is 431 g/mol. The van der Waals surface area contributed by atoms with Crippen LogP contribution in [0.1, 0.15) is 66.1 Å². The molecule has 3 rings (SSSR count). The highest BCUT2D eigenvalue weighted by Gasteiger charge is 2.41. The van der Waals surface area contributed by atoms with Gasteiger partial charge in [0.2, 0.25) is 5.91 Å². The van der Waals surface area contributed by atoms with Gasteiger partial charge in [-0.2, -0.15) is 11.8 Å². The summed E-state index contributed by atoms with van der Waals surface area (Å²) in [5.74, 6) is 2.01. The number of piperidine rings is 1. The van der Waals surface area contributed by atoms with Gasteiger partial charge in [-0.05, 0) is 65.3 Å². The number of para-hydroxylation sites is 2. The van der Waals surface area contributed by atoms with Gasteiger partial charge in [-0.25, -0.2) is 4.98 Å². The topological polar surface area (TPSA) is 50.2 Å². The van der Waals surface area contributed by atoms with Crippen LogP contribution in [0.4, 0.5) is 0 Å². The van der Waals surface area contributed by atoms with Crippen LogP contribution < -0.4 is 5.32 Å². The molecule has 1 N–H and O–H groups in total. The first-order valence-electron chi connectivity index (χ1n) is 11.2. The van der Waals surface area contributed by atoms with Crippen molar-refractivity contribution >= 4 is 28.7 Å². The van der Waals surface area contributed by atoms with Crippen molar-refractivity contribution in [3.8, 4) is 0 Å². The van der Waals surface area contributed by atoms with Crippen molar-refractivity contribution in [2.24, 2.45) is 0 Å². The fourth-order valence-electron chi connectivity index (χ4n) is 5.10. The van der Waals surface area contributed by atoms with E-state index in [2.05, 4.69) is 61.7 Å². The number of carbonyl (C=O) groups is 1. The minimum atomic E-state index is 0.0167. The van der Waals surface area contributed by atoms with Gasteiger partial charge in [0.05, 0.1) is 16.8 Å². The summed E-state index contributed by atoms with van der Waals surface area (Å²) in [5, 5.41) is 3.75. The molecule has 0 saturated carbocycles. The first kappa shape index (κ1) is 23.1. The normalized spacial score (nSPS) is 18.6. The lowest BCUT2D eigenvalue weighted by atomic mass is 9.79. The van der Waals surface area contributed by atoms with Crippen LogP contribution in [-0.4, -0.2) is 50.3 Å². The second-order valence-electron chi connectivity index (χ2n) is 9.93. The zero-order chi connectivity index (χ0) is 21.9. The summed E-state index contributed by atoms with van der Waals surface area (Å²) < 4.78 is 2.13. The van der Waals surface area contributed by atoms with Crippen LogP contribution in [0.25, 0.3) is 11.0 Å². The predicted octanol–water partition coefficient (Wildman–Crippen LogP) is 4.84. The van der Waals surface area contributed by atoms with Gasteiger partial charge in [0, 0.05) is 23.7 Å². The van der Waals surface area contributed by atoms with Crippen molar-refractivity contribution in [1.82, 2.24) is 19.8 Å². The second-order valence-corrected chi connectivity index (χ2v) is 10.8. The third kappa shape index (κ3) is 5.38.